The van der Waals surface area contributed by atoms with Gasteiger partial charge in [0.15, 0.2) is 5.76 Å². The Morgan fingerprint density at radius 2 is 2.19 bits per heavy atom. The predicted octanol–water partition coefficient (Wildman–Crippen LogP) is 3.18. The molecule has 1 atom stereocenters. The molecule has 0 radical (unpaired) electrons. The summed E-state index contributed by atoms with van der Waals surface area (Å²) in [6.45, 7) is 4.95. The van der Waals surface area contributed by atoms with E-state index in [1.807, 2.05) is 25.1 Å². The summed E-state index contributed by atoms with van der Waals surface area (Å²) in [7, 11) is 1.75. The number of halogens is 1. The first-order valence-electron chi connectivity index (χ1n) is 9.46. The minimum Gasteiger partial charge on any atom is -0.359 e. The molecule has 0 saturated carbocycles. The molecule has 146 valence electrons. The number of hydrogen-bond acceptors (Lipinski definition) is 4. The van der Waals surface area contributed by atoms with Crippen LogP contribution in [0.15, 0.2) is 34.9 Å². The third-order valence-corrected chi connectivity index (χ3v) is 4.86. The monoisotopic (exact) mass is 374 g/mol. The Bertz CT molecular complexity index is 747. The van der Waals surface area contributed by atoms with Crippen molar-refractivity contribution in [3.8, 4) is 0 Å². The Balaban J connectivity index is 1.48. The van der Waals surface area contributed by atoms with Gasteiger partial charge in [0.05, 0.1) is 12.2 Å². The van der Waals surface area contributed by atoms with Crippen LogP contribution in [0.2, 0.25) is 0 Å². The summed E-state index contributed by atoms with van der Waals surface area (Å²) in [5.74, 6) is 0.467. The number of likely N-dealkylation sites (tertiary alicyclic amines) is 1. The van der Waals surface area contributed by atoms with E-state index in [0.717, 1.165) is 50.2 Å². The minimum atomic E-state index is -0.219. The van der Waals surface area contributed by atoms with Crippen LogP contribution in [-0.2, 0) is 19.5 Å². The number of nitrogens with zero attached hydrogens (tertiary/aromatic N) is 3. The smallest absolute Gasteiger partial charge is 0.317 e. The number of piperidine rings is 1. The summed E-state index contributed by atoms with van der Waals surface area (Å²) in [4.78, 5) is 16.4. The molecule has 0 aliphatic carbocycles. The van der Waals surface area contributed by atoms with E-state index in [2.05, 4.69) is 15.4 Å². The number of carbonyl (C=O) groups excluding carboxylic acids is 1. The molecule has 1 N–H and O–H groups in total. The largest absolute Gasteiger partial charge is 0.359 e. The van der Waals surface area contributed by atoms with Gasteiger partial charge in [-0.1, -0.05) is 24.2 Å². The van der Waals surface area contributed by atoms with Gasteiger partial charge in [0.25, 0.3) is 0 Å². The van der Waals surface area contributed by atoms with Crippen molar-refractivity contribution in [2.75, 3.05) is 20.1 Å². The van der Waals surface area contributed by atoms with Gasteiger partial charge in [-0.3, -0.25) is 4.90 Å². The van der Waals surface area contributed by atoms with Gasteiger partial charge >= 0.3 is 6.03 Å². The Hall–Kier alpha value is -2.41. The van der Waals surface area contributed by atoms with Gasteiger partial charge in [0.1, 0.15) is 5.82 Å². The number of nitrogens with one attached hydrogen (secondary N) is 1. The van der Waals surface area contributed by atoms with Crippen molar-refractivity contribution in [1.82, 2.24) is 20.3 Å². The zero-order valence-electron chi connectivity index (χ0n) is 15.9. The van der Waals surface area contributed by atoms with E-state index in [1.54, 1.807) is 11.9 Å². The van der Waals surface area contributed by atoms with Crippen LogP contribution >= 0.6 is 0 Å². The summed E-state index contributed by atoms with van der Waals surface area (Å²) >= 11 is 0. The lowest BCUT2D eigenvalue weighted by molar-refractivity contribution is 0.165. The van der Waals surface area contributed by atoms with E-state index in [4.69, 9.17) is 4.52 Å². The van der Waals surface area contributed by atoms with Crippen molar-refractivity contribution in [3.05, 3.63) is 53.2 Å². The van der Waals surface area contributed by atoms with Gasteiger partial charge in [-0.05, 0) is 43.5 Å². The van der Waals surface area contributed by atoms with Crippen LogP contribution < -0.4 is 5.32 Å². The molecule has 1 aromatic carbocycles. The first-order chi connectivity index (χ1) is 13.0. The molecule has 0 bridgehead atoms. The second-order valence-corrected chi connectivity index (χ2v) is 7.14. The molecule has 2 amide bonds. The van der Waals surface area contributed by atoms with Gasteiger partial charge in [0.2, 0.25) is 0 Å². The molecule has 1 aliphatic rings. The number of rotatable bonds is 6. The quantitative estimate of drug-likeness (QED) is 0.844. The first-order valence-corrected chi connectivity index (χ1v) is 9.46. The second kappa shape index (κ2) is 8.99. The van der Waals surface area contributed by atoms with E-state index < -0.39 is 0 Å². The predicted molar refractivity (Wildman–Crippen MR) is 101 cm³/mol. The summed E-state index contributed by atoms with van der Waals surface area (Å²) in [6, 6.07) is 8.48. The van der Waals surface area contributed by atoms with Crippen LogP contribution in [0.3, 0.4) is 0 Å². The van der Waals surface area contributed by atoms with Crippen molar-refractivity contribution < 1.29 is 13.7 Å². The van der Waals surface area contributed by atoms with E-state index in [-0.39, 0.29) is 17.9 Å². The molecule has 0 spiro atoms. The molecule has 27 heavy (non-hydrogen) atoms. The third-order valence-electron chi connectivity index (χ3n) is 4.86. The van der Waals surface area contributed by atoms with Crippen molar-refractivity contribution in [2.45, 2.75) is 45.3 Å². The topological polar surface area (TPSA) is 61.6 Å². The summed E-state index contributed by atoms with van der Waals surface area (Å²) in [5.41, 5.74) is 1.97. The molecule has 2 aromatic rings. The first kappa shape index (κ1) is 19.4. The summed E-state index contributed by atoms with van der Waals surface area (Å²) in [5, 5.41) is 7.06. The Labute approximate surface area is 159 Å². The van der Waals surface area contributed by atoms with Crippen LogP contribution in [0, 0.1) is 5.82 Å². The van der Waals surface area contributed by atoms with Crippen molar-refractivity contribution in [2.24, 2.45) is 0 Å². The van der Waals surface area contributed by atoms with Crippen molar-refractivity contribution in [1.29, 1.82) is 0 Å². The number of amides is 2. The van der Waals surface area contributed by atoms with Gasteiger partial charge in [-0.2, -0.15) is 0 Å². The third kappa shape index (κ3) is 5.53. The van der Waals surface area contributed by atoms with E-state index in [0.29, 0.717) is 12.3 Å². The SMILES string of the molecule is CCc1cc(CN(C)C(=O)N[C@@H]2CCCN(Cc3ccc(F)cc3)C2)on1. The molecule has 7 heteroatoms. The lowest BCUT2D eigenvalue weighted by atomic mass is 10.0. The molecule has 1 aromatic heterocycles. The second-order valence-electron chi connectivity index (χ2n) is 7.14. The Kier molecular flexibility index (Phi) is 6.45. The lowest BCUT2D eigenvalue weighted by Crippen LogP contribution is -2.50. The number of aryl methyl sites for hydroxylation is 1. The number of benzene rings is 1. The maximum absolute atomic E-state index is 13.0. The molecular formula is C20H27FN4O2. The standard InChI is InChI=1S/C20H27FN4O2/c1-3-17-11-19(27-23-17)14-24(2)20(26)22-18-5-4-10-25(13-18)12-15-6-8-16(21)9-7-15/h6-9,11,18H,3-5,10,12-14H2,1-2H3,(H,22,26)/t18-/m1/s1. The summed E-state index contributed by atoms with van der Waals surface area (Å²) in [6.07, 6.45) is 2.80. The van der Waals surface area contributed by atoms with Crippen molar-refractivity contribution in [3.63, 3.8) is 0 Å². The van der Waals surface area contributed by atoms with E-state index in [9.17, 15) is 9.18 Å². The summed E-state index contributed by atoms with van der Waals surface area (Å²) < 4.78 is 18.3. The Morgan fingerprint density at radius 1 is 1.41 bits per heavy atom. The van der Waals surface area contributed by atoms with Crippen molar-refractivity contribution >= 4 is 6.03 Å². The highest BCUT2D eigenvalue weighted by Crippen LogP contribution is 2.15. The highest BCUT2D eigenvalue weighted by molar-refractivity contribution is 5.74. The minimum absolute atomic E-state index is 0.107. The van der Waals surface area contributed by atoms with Crippen LogP contribution in [0.1, 0.15) is 36.8 Å². The lowest BCUT2D eigenvalue weighted by Gasteiger charge is -2.34. The fourth-order valence-corrected chi connectivity index (χ4v) is 3.35. The Morgan fingerprint density at radius 3 is 2.89 bits per heavy atom. The molecule has 0 unspecified atom stereocenters. The normalized spacial score (nSPS) is 17.7. The zero-order valence-corrected chi connectivity index (χ0v) is 15.9. The van der Waals surface area contributed by atoms with Crippen LogP contribution in [0.5, 0.6) is 0 Å². The van der Waals surface area contributed by atoms with Crippen LogP contribution in [-0.4, -0.2) is 47.2 Å². The number of carbonyl (C=O) groups is 1. The fourth-order valence-electron chi connectivity index (χ4n) is 3.35. The average molecular weight is 374 g/mol. The molecule has 1 fully saturated rings. The number of hydrogen-bond donors (Lipinski definition) is 1. The highest BCUT2D eigenvalue weighted by Gasteiger charge is 2.23. The number of aromatic nitrogens is 1. The van der Waals surface area contributed by atoms with Gasteiger partial charge in [-0.15, -0.1) is 0 Å². The molecule has 6 nitrogen and oxygen atoms in total. The van der Waals surface area contributed by atoms with E-state index in [1.165, 1.54) is 12.1 Å². The maximum Gasteiger partial charge on any atom is 0.317 e. The van der Waals surface area contributed by atoms with Gasteiger partial charge < -0.3 is 14.7 Å². The fraction of sp³-hybridized carbons (Fsp3) is 0.500. The molecule has 1 saturated heterocycles. The number of urea groups is 1. The van der Waals surface area contributed by atoms with E-state index >= 15 is 0 Å². The highest BCUT2D eigenvalue weighted by atomic mass is 19.1. The molecular weight excluding hydrogens is 347 g/mol. The van der Waals surface area contributed by atoms with Gasteiger partial charge in [-0.25, -0.2) is 9.18 Å². The maximum atomic E-state index is 13.0. The van der Waals surface area contributed by atoms with Crippen LogP contribution in [0.25, 0.3) is 0 Å². The molecule has 2 heterocycles. The molecule has 3 rings (SSSR count). The zero-order chi connectivity index (χ0) is 19.2. The average Bonchev–Trinajstić information content (AvgIpc) is 3.11. The van der Waals surface area contributed by atoms with Gasteiger partial charge in [0, 0.05) is 32.2 Å². The molecule has 1 aliphatic heterocycles. The van der Waals surface area contributed by atoms with Crippen LogP contribution in [0.4, 0.5) is 9.18 Å².